The zero-order chi connectivity index (χ0) is 11.1. The summed E-state index contributed by atoms with van der Waals surface area (Å²) >= 11 is 0. The molecule has 0 spiro atoms. The number of rotatable bonds is 1. The molecule has 0 saturated heterocycles. The number of aromatic amines is 1. The molecule has 5 heteroatoms. The van der Waals surface area contributed by atoms with Crippen LogP contribution in [0, 0.1) is 0 Å². The van der Waals surface area contributed by atoms with Crippen molar-refractivity contribution in [3.63, 3.8) is 0 Å². The van der Waals surface area contributed by atoms with E-state index in [1.807, 2.05) is 0 Å². The molecule has 0 unspecified atom stereocenters. The van der Waals surface area contributed by atoms with E-state index < -0.39 is 5.97 Å². The molecule has 2 rings (SSSR count). The minimum atomic E-state index is -0.879. The second-order valence-electron chi connectivity index (χ2n) is 2.65. The first-order valence-corrected chi connectivity index (χ1v) is 4.23. The standard InChI is InChI=1S/C7H6O2.C3H5N3/c8-7(9)6-4-2-1-3-5-6;4-3-5-1-2-6-3/h1-5H,(H,8,9);1-2H,(H3,4,5,6). The number of hydrogen-bond acceptors (Lipinski definition) is 3. The van der Waals surface area contributed by atoms with Crippen molar-refractivity contribution in [1.82, 2.24) is 9.97 Å². The molecule has 0 saturated carbocycles. The maximum atomic E-state index is 10.2. The number of benzene rings is 1. The van der Waals surface area contributed by atoms with Crippen LogP contribution in [0.1, 0.15) is 10.4 Å². The van der Waals surface area contributed by atoms with Crippen LogP contribution in [0.2, 0.25) is 0 Å². The highest BCUT2D eigenvalue weighted by molar-refractivity contribution is 5.87. The van der Waals surface area contributed by atoms with Crippen LogP contribution in [0.5, 0.6) is 0 Å². The number of imidazole rings is 1. The number of nitrogens with one attached hydrogen (secondary N) is 1. The second kappa shape index (κ2) is 5.43. The number of aromatic carboxylic acids is 1. The molecule has 0 atom stereocenters. The number of carbonyl (C=O) groups is 1. The van der Waals surface area contributed by atoms with Crippen molar-refractivity contribution >= 4 is 11.9 Å². The molecular weight excluding hydrogens is 194 g/mol. The van der Waals surface area contributed by atoms with Crippen molar-refractivity contribution in [2.24, 2.45) is 0 Å². The molecule has 15 heavy (non-hydrogen) atoms. The number of carboxylic acid groups (broad SMARTS) is 1. The van der Waals surface area contributed by atoms with E-state index in [4.69, 9.17) is 10.8 Å². The van der Waals surface area contributed by atoms with Gasteiger partial charge in [0.25, 0.3) is 0 Å². The van der Waals surface area contributed by atoms with E-state index in [9.17, 15) is 4.79 Å². The van der Waals surface area contributed by atoms with Gasteiger partial charge >= 0.3 is 5.97 Å². The van der Waals surface area contributed by atoms with E-state index in [2.05, 4.69) is 9.97 Å². The van der Waals surface area contributed by atoms with E-state index in [1.54, 1.807) is 42.7 Å². The summed E-state index contributed by atoms with van der Waals surface area (Å²) in [6.07, 6.45) is 3.28. The summed E-state index contributed by atoms with van der Waals surface area (Å²) < 4.78 is 0. The molecule has 4 N–H and O–H groups in total. The normalized spacial score (nSPS) is 8.80. The number of nitrogens with zero attached hydrogens (tertiary/aromatic N) is 1. The Kier molecular flexibility index (Phi) is 3.91. The number of H-pyrrole nitrogens is 1. The molecule has 0 bridgehead atoms. The summed E-state index contributed by atoms with van der Waals surface area (Å²) in [5.74, 6) is -0.411. The van der Waals surface area contributed by atoms with E-state index in [0.717, 1.165) is 0 Å². The Morgan fingerprint density at radius 1 is 1.33 bits per heavy atom. The molecule has 0 radical (unpaired) electrons. The number of carboxylic acids is 1. The van der Waals surface area contributed by atoms with Crippen LogP contribution in [0.25, 0.3) is 0 Å². The van der Waals surface area contributed by atoms with Crippen molar-refractivity contribution in [3.05, 3.63) is 48.3 Å². The molecule has 0 aliphatic rings. The van der Waals surface area contributed by atoms with Crippen molar-refractivity contribution in [2.45, 2.75) is 0 Å². The zero-order valence-electron chi connectivity index (χ0n) is 7.92. The van der Waals surface area contributed by atoms with Crippen molar-refractivity contribution in [2.75, 3.05) is 5.73 Å². The van der Waals surface area contributed by atoms with Crippen LogP contribution in [0.4, 0.5) is 5.95 Å². The maximum Gasteiger partial charge on any atom is 0.335 e. The number of nitrogen functional groups attached to an aromatic ring is 1. The molecule has 0 aliphatic heterocycles. The third kappa shape index (κ3) is 3.95. The fourth-order valence-corrected chi connectivity index (χ4v) is 0.858. The topological polar surface area (TPSA) is 92.0 Å². The van der Waals surface area contributed by atoms with Gasteiger partial charge in [-0.1, -0.05) is 18.2 Å². The van der Waals surface area contributed by atoms with Gasteiger partial charge in [-0.05, 0) is 12.1 Å². The monoisotopic (exact) mass is 205 g/mol. The van der Waals surface area contributed by atoms with E-state index in [0.29, 0.717) is 11.5 Å². The highest BCUT2D eigenvalue weighted by Gasteiger charge is 1.96. The van der Waals surface area contributed by atoms with Gasteiger partial charge in [-0.25, -0.2) is 9.78 Å². The third-order valence-electron chi connectivity index (χ3n) is 1.54. The quantitative estimate of drug-likeness (QED) is 0.655. The first-order chi connectivity index (χ1) is 7.20. The highest BCUT2D eigenvalue weighted by Crippen LogP contribution is 1.96. The van der Waals surface area contributed by atoms with Gasteiger partial charge in [0.15, 0.2) is 5.95 Å². The summed E-state index contributed by atoms with van der Waals surface area (Å²) in [4.78, 5) is 16.5. The molecule has 78 valence electrons. The summed E-state index contributed by atoms with van der Waals surface area (Å²) in [5, 5.41) is 8.38. The van der Waals surface area contributed by atoms with E-state index in [-0.39, 0.29) is 0 Å². The van der Waals surface area contributed by atoms with Crippen LogP contribution in [-0.4, -0.2) is 21.0 Å². The van der Waals surface area contributed by atoms with Crippen LogP contribution in [-0.2, 0) is 0 Å². The first kappa shape index (κ1) is 10.8. The van der Waals surface area contributed by atoms with Crippen LogP contribution < -0.4 is 5.73 Å². The summed E-state index contributed by atoms with van der Waals surface area (Å²) in [5.41, 5.74) is 5.44. The average molecular weight is 205 g/mol. The number of hydrogen-bond donors (Lipinski definition) is 3. The number of anilines is 1. The van der Waals surface area contributed by atoms with Gasteiger partial charge in [0.2, 0.25) is 0 Å². The Balaban J connectivity index is 0.000000162. The van der Waals surface area contributed by atoms with Crippen LogP contribution in [0.3, 0.4) is 0 Å². The first-order valence-electron chi connectivity index (χ1n) is 4.23. The lowest BCUT2D eigenvalue weighted by molar-refractivity contribution is 0.0697. The lowest BCUT2D eigenvalue weighted by Crippen LogP contribution is -1.93. The van der Waals surface area contributed by atoms with Crippen molar-refractivity contribution in [1.29, 1.82) is 0 Å². The Morgan fingerprint density at radius 3 is 2.27 bits per heavy atom. The Labute approximate surface area is 86.6 Å². The van der Waals surface area contributed by atoms with Gasteiger partial charge in [0.1, 0.15) is 0 Å². The molecule has 0 fully saturated rings. The Bertz CT molecular complexity index is 398. The lowest BCUT2D eigenvalue weighted by atomic mass is 10.2. The number of nitrogens with two attached hydrogens (primary N) is 1. The molecule has 1 aromatic heterocycles. The summed E-state index contributed by atoms with van der Waals surface area (Å²) in [7, 11) is 0. The van der Waals surface area contributed by atoms with Gasteiger partial charge in [-0.3, -0.25) is 0 Å². The highest BCUT2D eigenvalue weighted by atomic mass is 16.4. The van der Waals surface area contributed by atoms with Crippen molar-refractivity contribution < 1.29 is 9.90 Å². The summed E-state index contributed by atoms with van der Waals surface area (Å²) in [6, 6.07) is 8.30. The molecule has 5 nitrogen and oxygen atoms in total. The van der Waals surface area contributed by atoms with Gasteiger partial charge in [-0.2, -0.15) is 0 Å². The fourth-order valence-electron chi connectivity index (χ4n) is 0.858. The molecular formula is C10H11N3O2. The smallest absolute Gasteiger partial charge is 0.335 e. The maximum absolute atomic E-state index is 10.2. The Morgan fingerprint density at radius 2 is 2.00 bits per heavy atom. The predicted octanol–water partition coefficient (Wildman–Crippen LogP) is 1.38. The Hall–Kier alpha value is -2.30. The van der Waals surface area contributed by atoms with Crippen LogP contribution in [0.15, 0.2) is 42.7 Å². The molecule has 2 aromatic rings. The molecule has 0 aliphatic carbocycles. The van der Waals surface area contributed by atoms with Gasteiger partial charge < -0.3 is 15.8 Å². The van der Waals surface area contributed by atoms with Gasteiger partial charge in [0, 0.05) is 12.4 Å². The minimum Gasteiger partial charge on any atom is -0.478 e. The largest absolute Gasteiger partial charge is 0.478 e. The van der Waals surface area contributed by atoms with Crippen LogP contribution >= 0.6 is 0 Å². The lowest BCUT2D eigenvalue weighted by Gasteiger charge is -1.88. The van der Waals surface area contributed by atoms with Gasteiger partial charge in [-0.15, -0.1) is 0 Å². The fraction of sp³-hybridized carbons (Fsp3) is 0. The van der Waals surface area contributed by atoms with Crippen molar-refractivity contribution in [3.8, 4) is 0 Å². The molecule has 0 amide bonds. The third-order valence-corrected chi connectivity index (χ3v) is 1.54. The average Bonchev–Trinajstić information content (AvgIpc) is 2.71. The second-order valence-corrected chi connectivity index (χ2v) is 2.65. The van der Waals surface area contributed by atoms with Gasteiger partial charge in [0.05, 0.1) is 5.56 Å². The van der Waals surface area contributed by atoms with E-state index >= 15 is 0 Å². The molecule has 1 aromatic carbocycles. The molecule has 1 heterocycles. The zero-order valence-corrected chi connectivity index (χ0v) is 7.92. The number of aromatic nitrogens is 2. The van der Waals surface area contributed by atoms with E-state index in [1.165, 1.54) is 0 Å². The minimum absolute atomic E-state index is 0.331. The SMILES string of the molecule is Nc1ncc[nH]1.O=C(O)c1ccccc1. The predicted molar refractivity (Wildman–Crippen MR) is 56.4 cm³/mol. The summed E-state index contributed by atoms with van der Waals surface area (Å²) in [6.45, 7) is 0.